The normalized spacial score (nSPS) is 9.94. The van der Waals surface area contributed by atoms with Crippen molar-refractivity contribution < 1.29 is 9.53 Å². The molecular weight excluding hydrogens is 329 g/mol. The summed E-state index contributed by atoms with van der Waals surface area (Å²) in [6, 6.07) is 11.5. The standard InChI is InChI=1S/C13H10INO2/c14-11-3-1-10(2-4-11)9-17-13-6-5-12(8-16)15-7-13/h1-8H,9H2. The second-order valence-corrected chi connectivity index (χ2v) is 4.70. The summed E-state index contributed by atoms with van der Waals surface area (Å²) in [5.74, 6) is 0.661. The molecule has 0 aliphatic heterocycles. The van der Waals surface area contributed by atoms with Gasteiger partial charge >= 0.3 is 0 Å². The van der Waals surface area contributed by atoms with E-state index in [1.165, 1.54) is 3.57 Å². The largest absolute Gasteiger partial charge is 0.487 e. The molecule has 1 heterocycles. The van der Waals surface area contributed by atoms with Crippen LogP contribution < -0.4 is 4.74 Å². The number of aromatic nitrogens is 1. The van der Waals surface area contributed by atoms with Gasteiger partial charge in [0.25, 0.3) is 0 Å². The van der Waals surface area contributed by atoms with Gasteiger partial charge in [-0.05, 0) is 52.4 Å². The van der Waals surface area contributed by atoms with Gasteiger partial charge in [-0.3, -0.25) is 4.79 Å². The number of hydrogen-bond acceptors (Lipinski definition) is 3. The minimum Gasteiger partial charge on any atom is -0.487 e. The summed E-state index contributed by atoms with van der Waals surface area (Å²) in [6.07, 6.45) is 2.26. The highest BCUT2D eigenvalue weighted by Gasteiger charge is 1.97. The van der Waals surface area contributed by atoms with Gasteiger partial charge in [0.2, 0.25) is 0 Å². The van der Waals surface area contributed by atoms with E-state index in [0.717, 1.165) is 5.56 Å². The highest BCUT2D eigenvalue weighted by Crippen LogP contribution is 2.12. The Bertz CT molecular complexity index is 494. The van der Waals surface area contributed by atoms with E-state index >= 15 is 0 Å². The fraction of sp³-hybridized carbons (Fsp3) is 0.0769. The van der Waals surface area contributed by atoms with E-state index in [2.05, 4.69) is 27.6 Å². The van der Waals surface area contributed by atoms with Crippen LogP contribution in [0.2, 0.25) is 0 Å². The lowest BCUT2D eigenvalue weighted by Crippen LogP contribution is -1.96. The Balaban J connectivity index is 1.97. The van der Waals surface area contributed by atoms with Crippen LogP contribution in [-0.4, -0.2) is 11.3 Å². The molecule has 4 heteroatoms. The first-order valence-electron chi connectivity index (χ1n) is 5.06. The highest BCUT2D eigenvalue weighted by atomic mass is 127. The summed E-state index contributed by atoms with van der Waals surface area (Å²) in [4.78, 5) is 14.4. The second kappa shape index (κ2) is 5.77. The molecule has 2 aromatic rings. The van der Waals surface area contributed by atoms with Crippen LogP contribution >= 0.6 is 22.6 Å². The molecule has 17 heavy (non-hydrogen) atoms. The molecule has 0 N–H and O–H groups in total. The van der Waals surface area contributed by atoms with Crippen molar-refractivity contribution in [3.63, 3.8) is 0 Å². The lowest BCUT2D eigenvalue weighted by Gasteiger charge is -2.05. The zero-order valence-electron chi connectivity index (χ0n) is 8.97. The van der Waals surface area contributed by atoms with Crippen molar-refractivity contribution in [2.75, 3.05) is 0 Å². The maximum atomic E-state index is 10.4. The number of hydrogen-bond donors (Lipinski definition) is 0. The van der Waals surface area contributed by atoms with E-state index < -0.39 is 0 Å². The number of ether oxygens (including phenoxy) is 1. The number of carbonyl (C=O) groups is 1. The van der Waals surface area contributed by atoms with Crippen LogP contribution in [0.15, 0.2) is 42.6 Å². The Morgan fingerprint density at radius 1 is 1.18 bits per heavy atom. The first-order valence-corrected chi connectivity index (χ1v) is 6.14. The molecule has 0 saturated carbocycles. The summed E-state index contributed by atoms with van der Waals surface area (Å²) in [6.45, 7) is 0.499. The van der Waals surface area contributed by atoms with Gasteiger partial charge in [-0.15, -0.1) is 0 Å². The molecule has 0 saturated heterocycles. The van der Waals surface area contributed by atoms with Gasteiger partial charge in [-0.25, -0.2) is 4.98 Å². The van der Waals surface area contributed by atoms with Crippen LogP contribution in [0.5, 0.6) is 5.75 Å². The van der Waals surface area contributed by atoms with Gasteiger partial charge in [0, 0.05) is 3.57 Å². The molecule has 86 valence electrons. The van der Waals surface area contributed by atoms with Crippen LogP contribution in [0.1, 0.15) is 16.1 Å². The van der Waals surface area contributed by atoms with Gasteiger partial charge in [0.15, 0.2) is 6.29 Å². The number of aldehydes is 1. The van der Waals surface area contributed by atoms with Gasteiger partial charge in [-0.2, -0.15) is 0 Å². The minimum atomic E-state index is 0.409. The smallest absolute Gasteiger partial charge is 0.168 e. The van der Waals surface area contributed by atoms with Crippen LogP contribution in [0.4, 0.5) is 0 Å². The molecule has 1 aromatic carbocycles. The van der Waals surface area contributed by atoms with E-state index in [1.807, 2.05) is 24.3 Å². The van der Waals surface area contributed by atoms with E-state index in [9.17, 15) is 4.79 Å². The zero-order chi connectivity index (χ0) is 12.1. The van der Waals surface area contributed by atoms with E-state index in [4.69, 9.17) is 4.74 Å². The number of pyridine rings is 1. The fourth-order valence-electron chi connectivity index (χ4n) is 1.29. The number of halogens is 1. The number of carbonyl (C=O) groups excluding carboxylic acids is 1. The Kier molecular flexibility index (Phi) is 4.08. The summed E-state index contributed by atoms with van der Waals surface area (Å²) in [5, 5.41) is 0. The number of rotatable bonds is 4. The Hall–Kier alpha value is -1.43. The minimum absolute atomic E-state index is 0.409. The molecule has 0 unspecified atom stereocenters. The SMILES string of the molecule is O=Cc1ccc(OCc2ccc(I)cc2)cn1. The molecule has 3 nitrogen and oxygen atoms in total. The molecule has 0 aliphatic rings. The average Bonchev–Trinajstić information content (AvgIpc) is 2.39. The third-order valence-electron chi connectivity index (χ3n) is 2.20. The van der Waals surface area contributed by atoms with Crippen LogP contribution in [0.3, 0.4) is 0 Å². The first kappa shape index (κ1) is 12.0. The van der Waals surface area contributed by atoms with Crippen molar-refractivity contribution in [2.24, 2.45) is 0 Å². The topological polar surface area (TPSA) is 39.2 Å². The Morgan fingerprint density at radius 2 is 1.94 bits per heavy atom. The molecule has 0 bridgehead atoms. The van der Waals surface area contributed by atoms with Crippen molar-refractivity contribution in [2.45, 2.75) is 6.61 Å². The quantitative estimate of drug-likeness (QED) is 0.635. The third-order valence-corrected chi connectivity index (χ3v) is 2.92. The molecule has 0 amide bonds. The van der Waals surface area contributed by atoms with Crippen molar-refractivity contribution in [3.8, 4) is 5.75 Å². The molecule has 2 rings (SSSR count). The summed E-state index contributed by atoms with van der Waals surface area (Å²) < 4.78 is 6.75. The van der Waals surface area contributed by atoms with E-state index in [0.29, 0.717) is 24.3 Å². The third kappa shape index (κ3) is 3.52. The molecule has 0 radical (unpaired) electrons. The lowest BCUT2D eigenvalue weighted by molar-refractivity contribution is 0.111. The lowest BCUT2D eigenvalue weighted by atomic mass is 10.2. The van der Waals surface area contributed by atoms with Crippen molar-refractivity contribution in [1.82, 2.24) is 4.98 Å². The van der Waals surface area contributed by atoms with E-state index in [-0.39, 0.29) is 0 Å². The van der Waals surface area contributed by atoms with Gasteiger partial charge < -0.3 is 4.74 Å². The maximum Gasteiger partial charge on any atom is 0.168 e. The van der Waals surface area contributed by atoms with Crippen LogP contribution in [0.25, 0.3) is 0 Å². The van der Waals surface area contributed by atoms with Crippen molar-refractivity contribution in [1.29, 1.82) is 0 Å². The zero-order valence-corrected chi connectivity index (χ0v) is 11.1. The molecule has 0 spiro atoms. The van der Waals surface area contributed by atoms with Crippen LogP contribution in [-0.2, 0) is 6.61 Å². The molecule has 0 aliphatic carbocycles. The molecular formula is C13H10INO2. The van der Waals surface area contributed by atoms with Gasteiger partial charge in [-0.1, -0.05) is 12.1 Å². The van der Waals surface area contributed by atoms with Crippen LogP contribution in [0, 0.1) is 3.57 Å². The summed E-state index contributed by atoms with van der Waals surface area (Å²) in [7, 11) is 0. The summed E-state index contributed by atoms with van der Waals surface area (Å²) >= 11 is 2.26. The van der Waals surface area contributed by atoms with Crippen molar-refractivity contribution in [3.05, 3.63) is 57.4 Å². The van der Waals surface area contributed by atoms with Crippen molar-refractivity contribution >= 4 is 28.9 Å². The first-order chi connectivity index (χ1) is 8.28. The van der Waals surface area contributed by atoms with Gasteiger partial charge in [0.1, 0.15) is 18.1 Å². The molecule has 0 atom stereocenters. The fourth-order valence-corrected chi connectivity index (χ4v) is 1.65. The summed E-state index contributed by atoms with van der Waals surface area (Å²) in [5.41, 5.74) is 1.51. The van der Waals surface area contributed by atoms with Gasteiger partial charge in [0.05, 0.1) is 6.20 Å². The molecule has 0 fully saturated rings. The second-order valence-electron chi connectivity index (χ2n) is 3.45. The number of benzene rings is 1. The highest BCUT2D eigenvalue weighted by molar-refractivity contribution is 14.1. The Labute approximate surface area is 113 Å². The average molecular weight is 339 g/mol. The predicted octanol–water partition coefficient (Wildman–Crippen LogP) is 3.08. The maximum absolute atomic E-state index is 10.4. The molecule has 1 aromatic heterocycles. The number of nitrogens with zero attached hydrogens (tertiary/aromatic N) is 1. The van der Waals surface area contributed by atoms with E-state index in [1.54, 1.807) is 18.3 Å². The Morgan fingerprint density at radius 3 is 2.53 bits per heavy atom. The predicted molar refractivity (Wildman–Crippen MR) is 73.1 cm³/mol. The monoisotopic (exact) mass is 339 g/mol.